The number of nitrogens with one attached hydrogen (secondary N) is 2. The molecule has 1 heterocycles. The van der Waals surface area contributed by atoms with Gasteiger partial charge in [0.15, 0.2) is 5.96 Å². The van der Waals surface area contributed by atoms with Crippen molar-refractivity contribution >= 4 is 29.9 Å². The molecule has 0 spiro atoms. The SMILES string of the molecule is CCNC(=NCc1ccc(F)c(C)c1)NCc1ccc(CN2CCOCC2)cc1.I. The molecule has 3 rings (SSSR count). The number of rotatable bonds is 7. The topological polar surface area (TPSA) is 48.9 Å². The van der Waals surface area contributed by atoms with Crippen molar-refractivity contribution in [2.75, 3.05) is 32.8 Å². The Bertz CT molecular complexity index is 807. The number of aryl methyl sites for hydroxylation is 1. The van der Waals surface area contributed by atoms with Crippen LogP contribution in [0, 0.1) is 12.7 Å². The molecule has 0 aromatic heterocycles. The lowest BCUT2D eigenvalue weighted by Gasteiger charge is -2.26. The summed E-state index contributed by atoms with van der Waals surface area (Å²) in [6.45, 7) is 10.4. The second-order valence-corrected chi connectivity index (χ2v) is 7.34. The van der Waals surface area contributed by atoms with Crippen LogP contribution in [0.3, 0.4) is 0 Å². The third kappa shape index (κ3) is 7.85. The predicted molar refractivity (Wildman–Crippen MR) is 131 cm³/mol. The van der Waals surface area contributed by atoms with Crippen LogP contribution in [0.2, 0.25) is 0 Å². The Morgan fingerprint density at radius 3 is 2.37 bits per heavy atom. The van der Waals surface area contributed by atoms with Gasteiger partial charge >= 0.3 is 0 Å². The van der Waals surface area contributed by atoms with Crippen LogP contribution in [0.1, 0.15) is 29.2 Å². The molecule has 2 N–H and O–H groups in total. The van der Waals surface area contributed by atoms with Crippen LogP contribution in [0.15, 0.2) is 47.5 Å². The Morgan fingerprint density at radius 2 is 1.70 bits per heavy atom. The van der Waals surface area contributed by atoms with Crippen LogP contribution < -0.4 is 10.6 Å². The zero-order valence-electron chi connectivity index (χ0n) is 17.8. The lowest BCUT2D eigenvalue weighted by Crippen LogP contribution is -2.36. The normalized spacial score (nSPS) is 14.8. The predicted octanol–water partition coefficient (Wildman–Crippen LogP) is 3.84. The number of morpholine rings is 1. The molecule has 5 nitrogen and oxygen atoms in total. The average Bonchev–Trinajstić information content (AvgIpc) is 2.74. The molecule has 30 heavy (non-hydrogen) atoms. The molecule has 2 aromatic rings. The fourth-order valence-electron chi connectivity index (χ4n) is 3.28. The number of hydrogen-bond donors (Lipinski definition) is 2. The molecule has 1 saturated heterocycles. The standard InChI is InChI=1S/C23H31FN4O.HI/c1-3-25-23(27-16-21-8-9-22(24)18(2)14-21)26-15-19-4-6-20(7-5-19)17-28-10-12-29-13-11-28;/h4-9,14H,3,10-13,15-17H2,1-2H3,(H2,25,26,27);1H. The van der Waals surface area contributed by atoms with Gasteiger partial charge in [-0.2, -0.15) is 0 Å². The highest BCUT2D eigenvalue weighted by molar-refractivity contribution is 14.0. The lowest BCUT2D eigenvalue weighted by molar-refractivity contribution is 0.0342. The van der Waals surface area contributed by atoms with Crippen LogP contribution >= 0.6 is 24.0 Å². The first-order valence-electron chi connectivity index (χ1n) is 10.3. The van der Waals surface area contributed by atoms with Gasteiger partial charge in [0.1, 0.15) is 5.82 Å². The number of hydrogen-bond acceptors (Lipinski definition) is 3. The van der Waals surface area contributed by atoms with Crippen molar-refractivity contribution in [2.24, 2.45) is 4.99 Å². The Balaban J connectivity index is 0.00000320. The third-order valence-corrected chi connectivity index (χ3v) is 4.98. The third-order valence-electron chi connectivity index (χ3n) is 4.98. The van der Waals surface area contributed by atoms with Crippen molar-refractivity contribution in [3.8, 4) is 0 Å². The summed E-state index contributed by atoms with van der Waals surface area (Å²) in [6.07, 6.45) is 0. The lowest BCUT2D eigenvalue weighted by atomic mass is 10.1. The van der Waals surface area contributed by atoms with Crippen molar-refractivity contribution in [3.05, 3.63) is 70.5 Å². The molecule has 0 radical (unpaired) electrons. The van der Waals surface area contributed by atoms with Gasteiger partial charge in [0.2, 0.25) is 0 Å². The molecule has 0 atom stereocenters. The minimum absolute atomic E-state index is 0. The molecule has 1 aliphatic rings. The Kier molecular flexibility index (Phi) is 10.5. The zero-order chi connectivity index (χ0) is 20.5. The molecule has 1 aliphatic heterocycles. The first-order valence-corrected chi connectivity index (χ1v) is 10.3. The first-order chi connectivity index (χ1) is 14.1. The zero-order valence-corrected chi connectivity index (χ0v) is 20.1. The van der Waals surface area contributed by atoms with E-state index in [4.69, 9.17) is 4.74 Å². The van der Waals surface area contributed by atoms with Gasteiger partial charge < -0.3 is 15.4 Å². The van der Waals surface area contributed by atoms with E-state index < -0.39 is 0 Å². The summed E-state index contributed by atoms with van der Waals surface area (Å²) in [5, 5.41) is 6.63. The van der Waals surface area contributed by atoms with E-state index in [0.29, 0.717) is 18.7 Å². The fraction of sp³-hybridized carbons (Fsp3) is 0.435. The number of benzene rings is 2. The van der Waals surface area contributed by atoms with Crippen LogP contribution in [0.25, 0.3) is 0 Å². The Morgan fingerprint density at radius 1 is 1.03 bits per heavy atom. The highest BCUT2D eigenvalue weighted by Crippen LogP contribution is 2.11. The summed E-state index contributed by atoms with van der Waals surface area (Å²) in [5.41, 5.74) is 4.17. The van der Waals surface area contributed by atoms with E-state index in [0.717, 1.165) is 50.9 Å². The summed E-state index contributed by atoms with van der Waals surface area (Å²) in [7, 11) is 0. The van der Waals surface area contributed by atoms with Gasteiger partial charge in [-0.25, -0.2) is 9.38 Å². The maximum Gasteiger partial charge on any atom is 0.191 e. The van der Waals surface area contributed by atoms with Gasteiger partial charge in [0.25, 0.3) is 0 Å². The Hall–Kier alpha value is -1.71. The highest BCUT2D eigenvalue weighted by Gasteiger charge is 2.10. The summed E-state index contributed by atoms with van der Waals surface area (Å²) < 4.78 is 18.8. The molecule has 0 saturated carbocycles. The summed E-state index contributed by atoms with van der Waals surface area (Å²) in [6, 6.07) is 13.8. The monoisotopic (exact) mass is 526 g/mol. The van der Waals surface area contributed by atoms with E-state index in [2.05, 4.69) is 44.8 Å². The molecule has 1 fully saturated rings. The van der Waals surface area contributed by atoms with Gasteiger partial charge in [0.05, 0.1) is 19.8 Å². The highest BCUT2D eigenvalue weighted by atomic mass is 127. The molecular formula is C23H32FIN4O. The molecule has 0 unspecified atom stereocenters. The second-order valence-electron chi connectivity index (χ2n) is 7.34. The minimum Gasteiger partial charge on any atom is -0.379 e. The van der Waals surface area contributed by atoms with Crippen molar-refractivity contribution in [1.29, 1.82) is 0 Å². The fourth-order valence-corrected chi connectivity index (χ4v) is 3.28. The van der Waals surface area contributed by atoms with Crippen molar-refractivity contribution in [1.82, 2.24) is 15.5 Å². The Labute approximate surface area is 196 Å². The van der Waals surface area contributed by atoms with E-state index in [-0.39, 0.29) is 29.8 Å². The smallest absolute Gasteiger partial charge is 0.191 e. The van der Waals surface area contributed by atoms with Gasteiger partial charge in [-0.3, -0.25) is 4.90 Å². The van der Waals surface area contributed by atoms with Crippen LogP contribution in [0.5, 0.6) is 0 Å². The number of nitrogens with zero attached hydrogens (tertiary/aromatic N) is 2. The molecular weight excluding hydrogens is 494 g/mol. The largest absolute Gasteiger partial charge is 0.379 e. The maximum atomic E-state index is 13.4. The van der Waals surface area contributed by atoms with Crippen LogP contribution in [-0.4, -0.2) is 43.7 Å². The van der Waals surface area contributed by atoms with Gasteiger partial charge in [-0.15, -0.1) is 24.0 Å². The molecule has 0 aliphatic carbocycles. The quantitative estimate of drug-likeness (QED) is 0.327. The van der Waals surface area contributed by atoms with E-state index in [9.17, 15) is 4.39 Å². The minimum atomic E-state index is -0.181. The van der Waals surface area contributed by atoms with E-state index in [1.165, 1.54) is 17.2 Å². The van der Waals surface area contributed by atoms with Gasteiger partial charge in [0, 0.05) is 32.7 Å². The van der Waals surface area contributed by atoms with Gasteiger partial charge in [-0.05, 0) is 42.2 Å². The van der Waals surface area contributed by atoms with Crippen molar-refractivity contribution in [3.63, 3.8) is 0 Å². The molecule has 2 aromatic carbocycles. The first kappa shape index (κ1) is 24.6. The van der Waals surface area contributed by atoms with Gasteiger partial charge in [-0.1, -0.05) is 36.4 Å². The molecule has 164 valence electrons. The van der Waals surface area contributed by atoms with E-state index in [1.54, 1.807) is 13.0 Å². The molecule has 0 bridgehead atoms. The summed E-state index contributed by atoms with van der Waals surface area (Å²) in [4.78, 5) is 7.04. The van der Waals surface area contributed by atoms with Crippen LogP contribution in [-0.2, 0) is 24.4 Å². The average molecular weight is 526 g/mol. The second kappa shape index (κ2) is 12.9. The van der Waals surface area contributed by atoms with E-state index in [1.807, 2.05) is 13.0 Å². The maximum absolute atomic E-state index is 13.4. The number of aliphatic imine (C=N–C) groups is 1. The number of ether oxygens (including phenoxy) is 1. The summed E-state index contributed by atoms with van der Waals surface area (Å²) >= 11 is 0. The van der Waals surface area contributed by atoms with Crippen LogP contribution in [0.4, 0.5) is 4.39 Å². The van der Waals surface area contributed by atoms with Crippen molar-refractivity contribution < 1.29 is 9.13 Å². The number of halogens is 2. The summed E-state index contributed by atoms with van der Waals surface area (Å²) in [5.74, 6) is 0.576. The molecule has 7 heteroatoms. The van der Waals surface area contributed by atoms with E-state index >= 15 is 0 Å². The van der Waals surface area contributed by atoms with Crippen molar-refractivity contribution in [2.45, 2.75) is 33.5 Å². The number of guanidine groups is 1. The molecule has 0 amide bonds.